The third-order valence-electron chi connectivity index (χ3n) is 4.23. The number of aryl methyl sites for hydroxylation is 1. The van der Waals surface area contributed by atoms with Crippen LogP contribution in [0, 0.1) is 6.92 Å². The number of hydrogen-bond donors (Lipinski definition) is 1. The van der Waals surface area contributed by atoms with Gasteiger partial charge in [0, 0.05) is 40.7 Å². The fraction of sp³-hybridized carbons (Fsp3) is 0.556. The Kier molecular flexibility index (Phi) is 6.61. The van der Waals surface area contributed by atoms with Crippen LogP contribution in [-0.2, 0) is 9.53 Å². The molecule has 6 nitrogen and oxygen atoms in total. The van der Waals surface area contributed by atoms with Gasteiger partial charge in [0.05, 0.1) is 13.2 Å². The molecule has 1 amide bonds. The Labute approximate surface area is 144 Å². The molecule has 24 heavy (non-hydrogen) atoms. The Morgan fingerprint density at radius 1 is 1.42 bits per heavy atom. The second-order valence-electron chi connectivity index (χ2n) is 6.17. The number of morpholine rings is 1. The molecule has 0 aliphatic carbocycles. The Bertz CT molecular complexity index is 586. The molecule has 1 heterocycles. The van der Waals surface area contributed by atoms with Crippen molar-refractivity contribution in [3.63, 3.8) is 0 Å². The summed E-state index contributed by atoms with van der Waals surface area (Å²) in [4.78, 5) is 19.8. The average molecular weight is 332 g/mol. The van der Waals surface area contributed by atoms with Crippen molar-refractivity contribution in [3.05, 3.63) is 35.4 Å². The van der Waals surface area contributed by atoms with Gasteiger partial charge in [0.25, 0.3) is 0 Å². The summed E-state index contributed by atoms with van der Waals surface area (Å²) in [5.74, 6) is 0.932. The van der Waals surface area contributed by atoms with Crippen molar-refractivity contribution in [2.45, 2.75) is 19.4 Å². The number of benzene rings is 1. The molecule has 132 valence electrons. The third kappa shape index (κ3) is 4.71. The van der Waals surface area contributed by atoms with E-state index in [0.717, 1.165) is 19.0 Å². The van der Waals surface area contributed by atoms with Crippen molar-refractivity contribution >= 4 is 11.9 Å². The van der Waals surface area contributed by atoms with Crippen molar-refractivity contribution in [2.24, 2.45) is 4.99 Å². The molecule has 1 aliphatic rings. The van der Waals surface area contributed by atoms with E-state index in [1.165, 1.54) is 11.1 Å². The zero-order chi connectivity index (χ0) is 17.5. The predicted molar refractivity (Wildman–Crippen MR) is 96.1 cm³/mol. The zero-order valence-corrected chi connectivity index (χ0v) is 15.1. The van der Waals surface area contributed by atoms with Crippen LogP contribution in [0.2, 0.25) is 0 Å². The summed E-state index contributed by atoms with van der Waals surface area (Å²) in [5, 5.41) is 3.28. The average Bonchev–Trinajstić information content (AvgIpc) is 2.59. The largest absolute Gasteiger partial charge is 0.370 e. The number of aliphatic imine (C=N–C) groups is 1. The number of rotatable bonds is 4. The highest BCUT2D eigenvalue weighted by Crippen LogP contribution is 2.24. The normalized spacial score (nSPS) is 18.4. The van der Waals surface area contributed by atoms with E-state index >= 15 is 0 Å². The standard InChI is InChI=1S/C18H28N4O2/c1-14-7-5-6-8-15(14)16-13-22(11-12-24-16)18(19-2)20-10-9-17(23)21(3)4/h5-8,16H,9-13H2,1-4H3,(H,19,20). The first-order valence-electron chi connectivity index (χ1n) is 8.35. The summed E-state index contributed by atoms with van der Waals surface area (Å²) < 4.78 is 5.96. The fourth-order valence-electron chi connectivity index (χ4n) is 2.81. The Morgan fingerprint density at radius 3 is 2.83 bits per heavy atom. The highest BCUT2D eigenvalue weighted by atomic mass is 16.5. The van der Waals surface area contributed by atoms with Crippen LogP contribution >= 0.6 is 0 Å². The predicted octanol–water partition coefficient (Wildman–Crippen LogP) is 1.42. The topological polar surface area (TPSA) is 57.2 Å². The van der Waals surface area contributed by atoms with Crippen LogP contribution in [0.3, 0.4) is 0 Å². The molecule has 0 aromatic heterocycles. The molecule has 1 unspecified atom stereocenters. The Morgan fingerprint density at radius 2 is 2.17 bits per heavy atom. The van der Waals surface area contributed by atoms with E-state index < -0.39 is 0 Å². The smallest absolute Gasteiger partial charge is 0.223 e. The molecule has 1 aliphatic heterocycles. The SMILES string of the molecule is CN=C(NCCC(=O)N(C)C)N1CCOC(c2ccccc2C)C1. The number of ether oxygens (including phenoxy) is 1. The van der Waals surface area contributed by atoms with Gasteiger partial charge in [0.15, 0.2) is 5.96 Å². The van der Waals surface area contributed by atoms with E-state index in [0.29, 0.717) is 19.6 Å². The van der Waals surface area contributed by atoms with E-state index in [4.69, 9.17) is 4.74 Å². The van der Waals surface area contributed by atoms with E-state index in [1.807, 2.05) is 12.1 Å². The van der Waals surface area contributed by atoms with Crippen LogP contribution in [-0.4, -0.2) is 69.1 Å². The maximum Gasteiger partial charge on any atom is 0.223 e. The van der Waals surface area contributed by atoms with Gasteiger partial charge in [0.1, 0.15) is 6.10 Å². The minimum absolute atomic E-state index is 0.0434. The van der Waals surface area contributed by atoms with E-state index in [1.54, 1.807) is 26.0 Å². The molecule has 1 atom stereocenters. The molecule has 6 heteroatoms. The number of nitrogens with zero attached hydrogens (tertiary/aromatic N) is 3. The molecule has 0 radical (unpaired) electrons. The van der Waals surface area contributed by atoms with Gasteiger partial charge in [-0.3, -0.25) is 9.79 Å². The summed E-state index contributed by atoms with van der Waals surface area (Å²) in [6.07, 6.45) is 0.499. The molecule has 1 aromatic carbocycles. The maximum atomic E-state index is 11.7. The molecule has 0 spiro atoms. The number of carbonyl (C=O) groups is 1. The lowest BCUT2D eigenvalue weighted by atomic mass is 10.0. The molecular weight excluding hydrogens is 304 g/mol. The van der Waals surface area contributed by atoms with Crippen LogP contribution in [0.4, 0.5) is 0 Å². The van der Waals surface area contributed by atoms with Crippen LogP contribution in [0.15, 0.2) is 29.3 Å². The molecule has 1 fully saturated rings. The van der Waals surface area contributed by atoms with Crippen molar-refractivity contribution < 1.29 is 9.53 Å². The summed E-state index contributed by atoms with van der Waals surface area (Å²) >= 11 is 0. The third-order valence-corrected chi connectivity index (χ3v) is 4.23. The Balaban J connectivity index is 1.94. The van der Waals surface area contributed by atoms with Gasteiger partial charge in [-0.05, 0) is 18.1 Å². The highest BCUT2D eigenvalue weighted by molar-refractivity contribution is 5.81. The molecule has 0 bridgehead atoms. The lowest BCUT2D eigenvalue weighted by Gasteiger charge is -2.35. The first-order valence-corrected chi connectivity index (χ1v) is 8.35. The number of amides is 1. The first kappa shape index (κ1) is 18.3. The number of hydrogen-bond acceptors (Lipinski definition) is 3. The maximum absolute atomic E-state index is 11.7. The minimum Gasteiger partial charge on any atom is -0.370 e. The van der Waals surface area contributed by atoms with Gasteiger partial charge < -0.3 is 19.9 Å². The first-order chi connectivity index (χ1) is 11.5. The van der Waals surface area contributed by atoms with E-state index in [2.05, 4.69) is 34.3 Å². The zero-order valence-electron chi connectivity index (χ0n) is 15.1. The van der Waals surface area contributed by atoms with Crippen LogP contribution in [0.25, 0.3) is 0 Å². The van der Waals surface area contributed by atoms with Crippen molar-refractivity contribution in [1.82, 2.24) is 15.1 Å². The highest BCUT2D eigenvalue weighted by Gasteiger charge is 2.25. The van der Waals surface area contributed by atoms with Crippen LogP contribution in [0.5, 0.6) is 0 Å². The summed E-state index contributed by atoms with van der Waals surface area (Å²) in [7, 11) is 5.31. The van der Waals surface area contributed by atoms with Crippen LogP contribution < -0.4 is 5.32 Å². The summed E-state index contributed by atoms with van der Waals surface area (Å²) in [5.41, 5.74) is 2.46. The van der Waals surface area contributed by atoms with Gasteiger partial charge in [-0.25, -0.2) is 0 Å². The molecule has 1 N–H and O–H groups in total. The monoisotopic (exact) mass is 332 g/mol. The number of nitrogens with one attached hydrogen (secondary N) is 1. The molecule has 1 saturated heterocycles. The van der Waals surface area contributed by atoms with Gasteiger partial charge in [-0.1, -0.05) is 24.3 Å². The fourth-order valence-corrected chi connectivity index (χ4v) is 2.81. The molecule has 2 rings (SSSR count). The molecule has 0 saturated carbocycles. The number of carbonyl (C=O) groups excluding carboxylic acids is 1. The lowest BCUT2D eigenvalue weighted by molar-refractivity contribution is -0.128. The Hall–Kier alpha value is -2.08. The van der Waals surface area contributed by atoms with Crippen molar-refractivity contribution in [3.8, 4) is 0 Å². The van der Waals surface area contributed by atoms with Gasteiger partial charge >= 0.3 is 0 Å². The van der Waals surface area contributed by atoms with Crippen LogP contribution in [0.1, 0.15) is 23.7 Å². The minimum atomic E-state index is 0.0434. The lowest BCUT2D eigenvalue weighted by Crippen LogP contribution is -2.48. The molecular formula is C18H28N4O2. The second-order valence-corrected chi connectivity index (χ2v) is 6.17. The van der Waals surface area contributed by atoms with Crippen molar-refractivity contribution in [1.29, 1.82) is 0 Å². The summed E-state index contributed by atoms with van der Waals surface area (Å²) in [6, 6.07) is 8.32. The molecule has 1 aromatic rings. The summed E-state index contributed by atoms with van der Waals surface area (Å²) in [6.45, 7) is 4.90. The van der Waals surface area contributed by atoms with Crippen molar-refractivity contribution in [2.75, 3.05) is 47.4 Å². The number of guanidine groups is 1. The van der Waals surface area contributed by atoms with E-state index in [9.17, 15) is 4.79 Å². The van der Waals surface area contributed by atoms with E-state index in [-0.39, 0.29) is 12.0 Å². The second kappa shape index (κ2) is 8.68. The quantitative estimate of drug-likeness (QED) is 0.669. The van der Waals surface area contributed by atoms with Gasteiger partial charge in [0.2, 0.25) is 5.91 Å². The van der Waals surface area contributed by atoms with Gasteiger partial charge in [-0.15, -0.1) is 0 Å². The van der Waals surface area contributed by atoms with Gasteiger partial charge in [-0.2, -0.15) is 0 Å².